The summed E-state index contributed by atoms with van der Waals surface area (Å²) in [4.78, 5) is 29.2. The van der Waals surface area contributed by atoms with E-state index in [1.165, 1.54) is 12.8 Å². The Balaban J connectivity index is 1.23. The highest BCUT2D eigenvalue weighted by molar-refractivity contribution is 5.88. The lowest BCUT2D eigenvalue weighted by molar-refractivity contribution is -0.131. The summed E-state index contributed by atoms with van der Waals surface area (Å²) in [5.41, 5.74) is 2.18. The number of anilines is 1. The molecule has 0 spiro atoms. The topological polar surface area (TPSA) is 65.1 Å². The molecule has 1 amide bonds. The monoisotopic (exact) mass is 375 g/mol. The average molecular weight is 375 g/mol. The summed E-state index contributed by atoms with van der Waals surface area (Å²) >= 11 is 0. The maximum absolute atomic E-state index is 12.9. The van der Waals surface area contributed by atoms with Crippen LogP contribution in [0, 0.1) is 0 Å². The second kappa shape index (κ2) is 7.26. The van der Waals surface area contributed by atoms with Crippen molar-refractivity contribution in [3.63, 3.8) is 0 Å². The van der Waals surface area contributed by atoms with Crippen LogP contribution in [0.3, 0.4) is 0 Å². The first-order valence-corrected chi connectivity index (χ1v) is 10.2. The molecular weight excluding hydrogens is 350 g/mol. The van der Waals surface area contributed by atoms with Gasteiger partial charge in [0, 0.05) is 48.5 Å². The van der Waals surface area contributed by atoms with Crippen molar-refractivity contribution < 1.29 is 4.79 Å². The number of carbonyl (C=O) groups is 1. The lowest BCUT2D eigenvalue weighted by Gasteiger charge is -2.39. The molecule has 2 fully saturated rings. The van der Waals surface area contributed by atoms with Crippen LogP contribution in [0.5, 0.6) is 0 Å². The van der Waals surface area contributed by atoms with Gasteiger partial charge in [0.05, 0.1) is 6.42 Å². The van der Waals surface area contributed by atoms with E-state index >= 15 is 0 Å². The Labute approximate surface area is 164 Å². The molecule has 6 heteroatoms. The van der Waals surface area contributed by atoms with Crippen LogP contribution in [0.4, 0.5) is 5.82 Å². The molecule has 0 atom stereocenters. The second-order valence-electron chi connectivity index (χ2n) is 7.85. The number of carbonyl (C=O) groups excluding carboxylic acids is 1. The molecule has 3 heterocycles. The minimum Gasteiger partial charge on any atom is -0.361 e. The number of hydrogen-bond acceptors (Lipinski definition) is 4. The SMILES string of the molecule is O=C(Cc1c[nH]c2ccccc12)N1CCC(N(c2ccncn2)C2CC2)CC1. The number of piperidine rings is 1. The zero-order chi connectivity index (χ0) is 18.9. The number of likely N-dealkylation sites (tertiary alicyclic amines) is 1. The first kappa shape index (κ1) is 17.2. The van der Waals surface area contributed by atoms with Crippen LogP contribution >= 0.6 is 0 Å². The zero-order valence-electron chi connectivity index (χ0n) is 15.9. The van der Waals surface area contributed by atoms with E-state index in [2.05, 4.69) is 32.0 Å². The minimum absolute atomic E-state index is 0.225. The van der Waals surface area contributed by atoms with Gasteiger partial charge in [-0.05, 0) is 43.4 Å². The molecule has 1 aliphatic heterocycles. The summed E-state index contributed by atoms with van der Waals surface area (Å²) in [6.07, 6.45) is 10.4. The predicted octanol–water partition coefficient (Wildman–Crippen LogP) is 3.16. The van der Waals surface area contributed by atoms with Gasteiger partial charge in [0.15, 0.2) is 0 Å². The maximum atomic E-state index is 12.9. The summed E-state index contributed by atoms with van der Waals surface area (Å²) in [5.74, 6) is 1.25. The van der Waals surface area contributed by atoms with Gasteiger partial charge in [0.2, 0.25) is 5.91 Å². The van der Waals surface area contributed by atoms with E-state index in [4.69, 9.17) is 0 Å². The molecule has 2 aromatic heterocycles. The van der Waals surface area contributed by atoms with E-state index < -0.39 is 0 Å². The maximum Gasteiger partial charge on any atom is 0.227 e. The van der Waals surface area contributed by atoms with Crippen molar-refractivity contribution in [3.05, 3.63) is 54.6 Å². The van der Waals surface area contributed by atoms with Gasteiger partial charge in [-0.2, -0.15) is 0 Å². The molecular formula is C22H25N5O. The number of para-hydroxylation sites is 1. The van der Waals surface area contributed by atoms with Crippen molar-refractivity contribution in [2.24, 2.45) is 0 Å². The van der Waals surface area contributed by atoms with Gasteiger partial charge in [-0.15, -0.1) is 0 Å². The molecule has 1 saturated carbocycles. The zero-order valence-corrected chi connectivity index (χ0v) is 15.9. The second-order valence-corrected chi connectivity index (χ2v) is 7.85. The number of aromatic nitrogens is 3. The van der Waals surface area contributed by atoms with Crippen LogP contribution in [0.25, 0.3) is 10.9 Å². The number of aromatic amines is 1. The van der Waals surface area contributed by atoms with Crippen molar-refractivity contribution in [1.82, 2.24) is 19.9 Å². The number of nitrogens with one attached hydrogen (secondary N) is 1. The van der Waals surface area contributed by atoms with Crippen molar-refractivity contribution in [3.8, 4) is 0 Å². The van der Waals surface area contributed by atoms with Crippen LogP contribution in [-0.4, -0.2) is 50.9 Å². The molecule has 6 nitrogen and oxygen atoms in total. The molecule has 0 unspecified atom stereocenters. The molecule has 2 aliphatic rings. The van der Waals surface area contributed by atoms with Crippen LogP contribution in [0.2, 0.25) is 0 Å². The number of rotatable bonds is 5. The van der Waals surface area contributed by atoms with E-state index in [-0.39, 0.29) is 5.91 Å². The Hall–Kier alpha value is -2.89. The van der Waals surface area contributed by atoms with E-state index in [1.807, 2.05) is 35.5 Å². The number of amides is 1. The Morgan fingerprint density at radius 3 is 2.64 bits per heavy atom. The molecule has 1 N–H and O–H groups in total. The summed E-state index contributed by atoms with van der Waals surface area (Å²) in [6.45, 7) is 1.64. The normalized spacial score (nSPS) is 17.8. The highest BCUT2D eigenvalue weighted by Gasteiger charge is 2.37. The standard InChI is InChI=1S/C22H25N5O/c28-22(13-16-14-24-20-4-2-1-3-19(16)20)26-11-8-18(9-12-26)27(17-5-6-17)21-7-10-23-15-25-21/h1-4,7,10,14-15,17-18,24H,5-6,8-9,11-13H2. The third kappa shape index (κ3) is 3.35. The molecule has 28 heavy (non-hydrogen) atoms. The lowest BCUT2D eigenvalue weighted by Crippen LogP contribution is -2.48. The third-order valence-corrected chi connectivity index (χ3v) is 6.00. The third-order valence-electron chi connectivity index (χ3n) is 6.00. The molecule has 1 aromatic carbocycles. The Kier molecular flexibility index (Phi) is 4.47. The van der Waals surface area contributed by atoms with Crippen LogP contribution < -0.4 is 4.90 Å². The minimum atomic E-state index is 0.225. The van der Waals surface area contributed by atoms with Gasteiger partial charge in [-0.1, -0.05) is 18.2 Å². The summed E-state index contributed by atoms with van der Waals surface area (Å²) < 4.78 is 0. The molecule has 0 bridgehead atoms. The van der Waals surface area contributed by atoms with Gasteiger partial charge in [0.1, 0.15) is 12.1 Å². The fourth-order valence-electron chi connectivity index (χ4n) is 4.41. The van der Waals surface area contributed by atoms with Crippen LogP contribution in [-0.2, 0) is 11.2 Å². The summed E-state index contributed by atoms with van der Waals surface area (Å²) in [7, 11) is 0. The molecule has 1 aliphatic carbocycles. The highest BCUT2D eigenvalue weighted by atomic mass is 16.2. The Bertz CT molecular complexity index is 957. The smallest absolute Gasteiger partial charge is 0.227 e. The number of fused-ring (bicyclic) bond motifs is 1. The molecule has 3 aromatic rings. The first-order valence-electron chi connectivity index (χ1n) is 10.2. The molecule has 5 rings (SSSR count). The number of nitrogens with zero attached hydrogens (tertiary/aromatic N) is 4. The summed E-state index contributed by atoms with van der Waals surface area (Å²) in [5, 5.41) is 1.15. The molecule has 144 valence electrons. The number of H-pyrrole nitrogens is 1. The lowest BCUT2D eigenvalue weighted by atomic mass is 10.0. The largest absolute Gasteiger partial charge is 0.361 e. The Morgan fingerprint density at radius 1 is 1.11 bits per heavy atom. The van der Waals surface area contributed by atoms with E-state index in [0.717, 1.165) is 48.2 Å². The van der Waals surface area contributed by atoms with Gasteiger partial charge >= 0.3 is 0 Å². The van der Waals surface area contributed by atoms with E-state index in [9.17, 15) is 4.79 Å². The number of benzene rings is 1. The van der Waals surface area contributed by atoms with E-state index in [0.29, 0.717) is 18.5 Å². The quantitative estimate of drug-likeness (QED) is 0.744. The van der Waals surface area contributed by atoms with Crippen molar-refractivity contribution in [2.45, 2.75) is 44.2 Å². The van der Waals surface area contributed by atoms with Gasteiger partial charge in [-0.25, -0.2) is 9.97 Å². The fraction of sp³-hybridized carbons (Fsp3) is 0.409. The van der Waals surface area contributed by atoms with Crippen LogP contribution in [0.1, 0.15) is 31.2 Å². The first-order chi connectivity index (χ1) is 13.8. The van der Waals surface area contributed by atoms with Gasteiger partial charge in [-0.3, -0.25) is 4.79 Å². The fourth-order valence-corrected chi connectivity index (χ4v) is 4.41. The van der Waals surface area contributed by atoms with Crippen molar-refractivity contribution in [2.75, 3.05) is 18.0 Å². The van der Waals surface area contributed by atoms with Crippen LogP contribution in [0.15, 0.2) is 49.1 Å². The van der Waals surface area contributed by atoms with E-state index in [1.54, 1.807) is 6.33 Å². The average Bonchev–Trinajstić information content (AvgIpc) is 3.50. The van der Waals surface area contributed by atoms with Gasteiger partial charge < -0.3 is 14.8 Å². The predicted molar refractivity (Wildman–Crippen MR) is 109 cm³/mol. The Morgan fingerprint density at radius 2 is 1.89 bits per heavy atom. The van der Waals surface area contributed by atoms with Crippen molar-refractivity contribution in [1.29, 1.82) is 0 Å². The van der Waals surface area contributed by atoms with Gasteiger partial charge in [0.25, 0.3) is 0 Å². The molecule has 1 saturated heterocycles. The summed E-state index contributed by atoms with van der Waals surface area (Å²) in [6, 6.07) is 11.2. The van der Waals surface area contributed by atoms with Crippen molar-refractivity contribution >= 4 is 22.6 Å². The molecule has 0 radical (unpaired) electrons. The highest BCUT2D eigenvalue weighted by Crippen LogP contribution is 2.35. The number of hydrogen-bond donors (Lipinski definition) is 1.